The fraction of sp³-hybridized carbons (Fsp3) is 0.235. The number of benzene rings is 2. The Bertz CT molecular complexity index is 610. The first-order valence-corrected chi connectivity index (χ1v) is 7.26. The number of nitrogens with one attached hydrogen (secondary N) is 1. The molecule has 0 saturated heterocycles. The first kappa shape index (κ1) is 15.4. The second-order valence-electron chi connectivity index (χ2n) is 4.83. The van der Waals surface area contributed by atoms with Crippen LogP contribution in [-0.2, 0) is 4.79 Å². The SMILES string of the molecule is CC[C@H](Oc1ccc(C)cc1)C(=O)Nc1cccc(Cl)c1. The third-order valence-electron chi connectivity index (χ3n) is 3.05. The number of amides is 1. The van der Waals surface area contributed by atoms with E-state index in [1.807, 2.05) is 38.1 Å². The highest BCUT2D eigenvalue weighted by atomic mass is 35.5. The van der Waals surface area contributed by atoms with E-state index in [1.54, 1.807) is 24.3 Å². The van der Waals surface area contributed by atoms with Gasteiger partial charge in [0.25, 0.3) is 5.91 Å². The third kappa shape index (κ3) is 4.50. The van der Waals surface area contributed by atoms with Gasteiger partial charge in [0.1, 0.15) is 5.75 Å². The molecule has 1 amide bonds. The van der Waals surface area contributed by atoms with Gasteiger partial charge in [-0.3, -0.25) is 4.79 Å². The number of carbonyl (C=O) groups excluding carboxylic acids is 1. The molecule has 3 nitrogen and oxygen atoms in total. The third-order valence-corrected chi connectivity index (χ3v) is 3.29. The zero-order valence-electron chi connectivity index (χ0n) is 12.1. The molecule has 0 bridgehead atoms. The number of hydrogen-bond donors (Lipinski definition) is 1. The van der Waals surface area contributed by atoms with Crippen LogP contribution in [-0.4, -0.2) is 12.0 Å². The predicted octanol–water partition coefficient (Wildman–Crippen LogP) is 4.44. The molecular weight excluding hydrogens is 286 g/mol. The molecule has 1 N–H and O–H groups in total. The van der Waals surface area contributed by atoms with Crippen molar-refractivity contribution in [2.24, 2.45) is 0 Å². The minimum atomic E-state index is -0.535. The van der Waals surface area contributed by atoms with E-state index in [0.717, 1.165) is 5.56 Å². The lowest BCUT2D eigenvalue weighted by Crippen LogP contribution is -2.32. The van der Waals surface area contributed by atoms with Crippen LogP contribution in [0, 0.1) is 6.92 Å². The second kappa shape index (κ2) is 7.14. The minimum Gasteiger partial charge on any atom is -0.481 e. The molecule has 0 saturated carbocycles. The van der Waals surface area contributed by atoms with Crippen molar-refractivity contribution in [3.05, 3.63) is 59.1 Å². The van der Waals surface area contributed by atoms with E-state index in [2.05, 4.69) is 5.32 Å². The average molecular weight is 304 g/mol. The van der Waals surface area contributed by atoms with Gasteiger partial charge in [-0.05, 0) is 43.7 Å². The molecular formula is C17H18ClNO2. The maximum Gasteiger partial charge on any atom is 0.265 e. The van der Waals surface area contributed by atoms with Crippen molar-refractivity contribution in [3.63, 3.8) is 0 Å². The normalized spacial score (nSPS) is 11.8. The standard InChI is InChI=1S/C17H18ClNO2/c1-3-16(21-15-9-7-12(2)8-10-15)17(20)19-14-6-4-5-13(18)11-14/h4-11,16H,3H2,1-2H3,(H,19,20)/t16-/m0/s1. The number of carbonyl (C=O) groups is 1. The van der Waals surface area contributed by atoms with E-state index in [0.29, 0.717) is 22.9 Å². The van der Waals surface area contributed by atoms with Crippen LogP contribution in [0.15, 0.2) is 48.5 Å². The molecule has 0 unspecified atom stereocenters. The van der Waals surface area contributed by atoms with Crippen molar-refractivity contribution in [2.45, 2.75) is 26.4 Å². The Morgan fingerprint density at radius 1 is 1.24 bits per heavy atom. The van der Waals surface area contributed by atoms with Crippen molar-refractivity contribution in [3.8, 4) is 5.75 Å². The van der Waals surface area contributed by atoms with Crippen LogP contribution in [0.2, 0.25) is 5.02 Å². The van der Waals surface area contributed by atoms with Gasteiger partial charge in [-0.1, -0.05) is 42.3 Å². The largest absolute Gasteiger partial charge is 0.481 e. The van der Waals surface area contributed by atoms with Crippen LogP contribution in [0.4, 0.5) is 5.69 Å². The highest BCUT2D eigenvalue weighted by Crippen LogP contribution is 2.18. The molecule has 0 heterocycles. The van der Waals surface area contributed by atoms with Gasteiger partial charge in [-0.25, -0.2) is 0 Å². The van der Waals surface area contributed by atoms with Crippen molar-refractivity contribution < 1.29 is 9.53 Å². The Kier molecular flexibility index (Phi) is 5.23. The van der Waals surface area contributed by atoms with Gasteiger partial charge < -0.3 is 10.1 Å². The molecule has 0 aliphatic carbocycles. The molecule has 0 fully saturated rings. The summed E-state index contributed by atoms with van der Waals surface area (Å²) >= 11 is 5.90. The zero-order chi connectivity index (χ0) is 15.2. The number of ether oxygens (including phenoxy) is 1. The highest BCUT2D eigenvalue weighted by molar-refractivity contribution is 6.30. The average Bonchev–Trinajstić information content (AvgIpc) is 2.46. The van der Waals surface area contributed by atoms with Gasteiger partial charge in [0.15, 0.2) is 6.10 Å². The van der Waals surface area contributed by atoms with Gasteiger partial charge in [-0.15, -0.1) is 0 Å². The Morgan fingerprint density at radius 2 is 1.95 bits per heavy atom. The smallest absolute Gasteiger partial charge is 0.265 e. The molecule has 0 aliphatic heterocycles. The molecule has 0 aromatic heterocycles. The van der Waals surface area contributed by atoms with Gasteiger partial charge in [0.05, 0.1) is 0 Å². The monoisotopic (exact) mass is 303 g/mol. The van der Waals surface area contributed by atoms with Crippen LogP contribution in [0.5, 0.6) is 5.75 Å². The summed E-state index contributed by atoms with van der Waals surface area (Å²) < 4.78 is 5.74. The lowest BCUT2D eigenvalue weighted by atomic mass is 10.2. The lowest BCUT2D eigenvalue weighted by Gasteiger charge is -2.17. The lowest BCUT2D eigenvalue weighted by molar-refractivity contribution is -0.122. The van der Waals surface area contributed by atoms with Gasteiger partial charge >= 0.3 is 0 Å². The van der Waals surface area contributed by atoms with Crippen LogP contribution in [0.3, 0.4) is 0 Å². The fourth-order valence-electron chi connectivity index (χ4n) is 1.89. The Balaban J connectivity index is 2.03. The maximum atomic E-state index is 12.2. The summed E-state index contributed by atoms with van der Waals surface area (Å²) in [4.78, 5) is 12.2. The quantitative estimate of drug-likeness (QED) is 0.886. The Morgan fingerprint density at radius 3 is 2.57 bits per heavy atom. The topological polar surface area (TPSA) is 38.3 Å². The molecule has 2 aromatic rings. The van der Waals surface area contributed by atoms with Crippen molar-refractivity contribution in [1.29, 1.82) is 0 Å². The van der Waals surface area contributed by atoms with E-state index >= 15 is 0 Å². The van der Waals surface area contributed by atoms with E-state index in [9.17, 15) is 4.79 Å². The van der Waals surface area contributed by atoms with E-state index in [1.165, 1.54) is 0 Å². The summed E-state index contributed by atoms with van der Waals surface area (Å²) in [5, 5.41) is 3.40. The summed E-state index contributed by atoms with van der Waals surface area (Å²) in [6, 6.07) is 14.7. The molecule has 4 heteroatoms. The van der Waals surface area contributed by atoms with Gasteiger partial charge in [0.2, 0.25) is 0 Å². The zero-order valence-corrected chi connectivity index (χ0v) is 12.9. The number of halogens is 1. The van der Waals surface area contributed by atoms with Crippen molar-refractivity contribution in [1.82, 2.24) is 0 Å². The summed E-state index contributed by atoms with van der Waals surface area (Å²) in [5.41, 5.74) is 1.82. The second-order valence-corrected chi connectivity index (χ2v) is 5.26. The first-order valence-electron chi connectivity index (χ1n) is 6.88. The summed E-state index contributed by atoms with van der Waals surface area (Å²) in [5.74, 6) is 0.508. The summed E-state index contributed by atoms with van der Waals surface area (Å²) in [7, 11) is 0. The minimum absolute atomic E-state index is 0.180. The fourth-order valence-corrected chi connectivity index (χ4v) is 2.08. The van der Waals surface area contributed by atoms with Crippen LogP contribution >= 0.6 is 11.6 Å². The van der Waals surface area contributed by atoms with Crippen LogP contribution in [0.25, 0.3) is 0 Å². The molecule has 0 spiro atoms. The molecule has 2 rings (SSSR count). The molecule has 21 heavy (non-hydrogen) atoms. The molecule has 0 aliphatic rings. The maximum absolute atomic E-state index is 12.2. The van der Waals surface area contributed by atoms with Crippen LogP contribution in [0.1, 0.15) is 18.9 Å². The summed E-state index contributed by atoms with van der Waals surface area (Å²) in [6.07, 6.45) is 0.0481. The summed E-state index contributed by atoms with van der Waals surface area (Å²) in [6.45, 7) is 3.92. The van der Waals surface area contributed by atoms with Crippen molar-refractivity contribution >= 4 is 23.2 Å². The molecule has 2 aromatic carbocycles. The van der Waals surface area contributed by atoms with Gasteiger partial charge in [0, 0.05) is 10.7 Å². The molecule has 1 atom stereocenters. The Hall–Kier alpha value is -2.00. The predicted molar refractivity (Wildman–Crippen MR) is 86.0 cm³/mol. The Labute approximate surface area is 129 Å². The van der Waals surface area contributed by atoms with Crippen molar-refractivity contribution in [2.75, 3.05) is 5.32 Å². The van der Waals surface area contributed by atoms with E-state index < -0.39 is 6.10 Å². The first-order chi connectivity index (χ1) is 10.1. The highest BCUT2D eigenvalue weighted by Gasteiger charge is 2.18. The van der Waals surface area contributed by atoms with E-state index in [4.69, 9.17) is 16.3 Å². The van der Waals surface area contributed by atoms with Gasteiger partial charge in [-0.2, -0.15) is 0 Å². The molecule has 0 radical (unpaired) electrons. The number of hydrogen-bond acceptors (Lipinski definition) is 2. The van der Waals surface area contributed by atoms with E-state index in [-0.39, 0.29) is 5.91 Å². The molecule has 110 valence electrons. The number of aryl methyl sites for hydroxylation is 1. The number of anilines is 1. The number of rotatable bonds is 5. The van der Waals surface area contributed by atoms with Crippen LogP contribution < -0.4 is 10.1 Å².